The summed E-state index contributed by atoms with van der Waals surface area (Å²) in [6.07, 6.45) is 1.58. The summed E-state index contributed by atoms with van der Waals surface area (Å²) in [5.74, 6) is 0.296. The first-order chi connectivity index (χ1) is 12.9. The van der Waals surface area contributed by atoms with Crippen molar-refractivity contribution in [3.05, 3.63) is 62.6 Å². The van der Waals surface area contributed by atoms with Crippen molar-refractivity contribution in [1.29, 1.82) is 0 Å². The van der Waals surface area contributed by atoms with Crippen LogP contribution in [0, 0.1) is 9.39 Å². The number of halogens is 2. The Hall–Kier alpha value is -2.62. The SMILES string of the molecule is COc1cc(/C=C2/NC(=O)N(Cc3ccc(F)cc3)C2=O)cc(I)c1OC. The number of urea groups is 1. The van der Waals surface area contributed by atoms with Crippen molar-refractivity contribution in [1.82, 2.24) is 10.2 Å². The van der Waals surface area contributed by atoms with E-state index < -0.39 is 11.9 Å². The monoisotopic (exact) mass is 482 g/mol. The number of carbonyl (C=O) groups is 2. The summed E-state index contributed by atoms with van der Waals surface area (Å²) >= 11 is 2.11. The highest BCUT2D eigenvalue weighted by Crippen LogP contribution is 2.34. The van der Waals surface area contributed by atoms with Crippen LogP contribution >= 0.6 is 22.6 Å². The van der Waals surface area contributed by atoms with Crippen molar-refractivity contribution in [3.63, 3.8) is 0 Å². The number of hydrogen-bond donors (Lipinski definition) is 1. The molecule has 2 aromatic rings. The second-order valence-electron chi connectivity index (χ2n) is 5.74. The van der Waals surface area contributed by atoms with Crippen LogP contribution in [-0.4, -0.2) is 31.1 Å². The van der Waals surface area contributed by atoms with E-state index in [1.807, 2.05) is 6.07 Å². The Kier molecular flexibility index (Phi) is 5.64. The molecule has 2 aromatic carbocycles. The van der Waals surface area contributed by atoms with Crippen LogP contribution in [0.2, 0.25) is 0 Å². The van der Waals surface area contributed by atoms with Gasteiger partial charge < -0.3 is 14.8 Å². The van der Waals surface area contributed by atoms with Crippen molar-refractivity contribution in [3.8, 4) is 11.5 Å². The largest absolute Gasteiger partial charge is 0.493 e. The van der Waals surface area contributed by atoms with E-state index in [0.717, 1.165) is 8.47 Å². The zero-order valence-corrected chi connectivity index (χ0v) is 16.7. The first-order valence-electron chi connectivity index (χ1n) is 7.93. The van der Waals surface area contributed by atoms with Gasteiger partial charge >= 0.3 is 6.03 Å². The number of methoxy groups -OCH3 is 2. The fraction of sp³-hybridized carbons (Fsp3) is 0.158. The van der Waals surface area contributed by atoms with E-state index in [0.29, 0.717) is 22.6 Å². The average Bonchev–Trinajstić information content (AvgIpc) is 2.90. The third-order valence-electron chi connectivity index (χ3n) is 3.98. The molecule has 8 heteroatoms. The topological polar surface area (TPSA) is 67.9 Å². The smallest absolute Gasteiger partial charge is 0.329 e. The minimum absolute atomic E-state index is 0.0613. The number of benzene rings is 2. The quantitative estimate of drug-likeness (QED) is 0.403. The van der Waals surface area contributed by atoms with Crippen molar-refractivity contribution in [2.75, 3.05) is 14.2 Å². The van der Waals surface area contributed by atoms with Gasteiger partial charge in [-0.15, -0.1) is 0 Å². The molecule has 1 N–H and O–H groups in total. The van der Waals surface area contributed by atoms with Crippen molar-refractivity contribution < 1.29 is 23.5 Å². The number of imide groups is 1. The first-order valence-corrected chi connectivity index (χ1v) is 9.01. The lowest BCUT2D eigenvalue weighted by Gasteiger charge is -2.12. The molecule has 0 aliphatic carbocycles. The number of hydrogen-bond acceptors (Lipinski definition) is 4. The van der Waals surface area contributed by atoms with E-state index in [2.05, 4.69) is 27.9 Å². The number of amides is 3. The Morgan fingerprint density at radius 2 is 1.85 bits per heavy atom. The number of nitrogens with zero attached hydrogens (tertiary/aromatic N) is 1. The van der Waals surface area contributed by atoms with E-state index in [4.69, 9.17) is 9.47 Å². The fourth-order valence-corrected chi connectivity index (χ4v) is 3.52. The molecule has 1 aliphatic rings. The minimum atomic E-state index is -0.522. The number of carbonyl (C=O) groups excluding carboxylic acids is 2. The molecule has 0 atom stereocenters. The van der Waals surface area contributed by atoms with E-state index in [1.165, 1.54) is 31.4 Å². The average molecular weight is 482 g/mol. The summed E-state index contributed by atoms with van der Waals surface area (Å²) in [5, 5.41) is 2.57. The van der Waals surface area contributed by atoms with Crippen LogP contribution in [0.3, 0.4) is 0 Å². The van der Waals surface area contributed by atoms with Gasteiger partial charge in [-0.3, -0.25) is 9.69 Å². The van der Waals surface area contributed by atoms with Gasteiger partial charge in [0, 0.05) is 0 Å². The Morgan fingerprint density at radius 1 is 1.15 bits per heavy atom. The highest BCUT2D eigenvalue weighted by atomic mass is 127. The normalized spacial score (nSPS) is 15.3. The Bertz CT molecular complexity index is 928. The molecule has 0 unspecified atom stereocenters. The summed E-state index contributed by atoms with van der Waals surface area (Å²) in [7, 11) is 3.07. The third kappa shape index (κ3) is 4.05. The van der Waals surface area contributed by atoms with Crippen LogP contribution in [-0.2, 0) is 11.3 Å². The van der Waals surface area contributed by atoms with Crippen molar-refractivity contribution in [2.45, 2.75) is 6.54 Å². The maximum atomic E-state index is 13.0. The Balaban J connectivity index is 1.86. The summed E-state index contributed by atoms with van der Waals surface area (Å²) < 4.78 is 24.4. The summed E-state index contributed by atoms with van der Waals surface area (Å²) in [5.41, 5.74) is 1.50. The molecule has 27 heavy (non-hydrogen) atoms. The molecule has 0 aromatic heterocycles. The number of nitrogens with one attached hydrogen (secondary N) is 1. The number of ether oxygens (including phenoxy) is 2. The van der Waals surface area contributed by atoms with Gasteiger partial charge in [0.05, 0.1) is 24.3 Å². The van der Waals surface area contributed by atoms with Gasteiger partial charge in [-0.25, -0.2) is 9.18 Å². The molecule has 0 bridgehead atoms. The van der Waals surface area contributed by atoms with Gasteiger partial charge in [0.25, 0.3) is 5.91 Å². The molecule has 0 radical (unpaired) electrons. The highest BCUT2D eigenvalue weighted by Gasteiger charge is 2.33. The van der Waals surface area contributed by atoms with E-state index in [-0.39, 0.29) is 18.1 Å². The molecular formula is C19H16FIN2O4. The molecule has 1 heterocycles. The maximum absolute atomic E-state index is 13.0. The lowest BCUT2D eigenvalue weighted by molar-refractivity contribution is -0.123. The van der Waals surface area contributed by atoms with Crippen LogP contribution in [0.15, 0.2) is 42.1 Å². The van der Waals surface area contributed by atoms with Crippen molar-refractivity contribution >= 4 is 40.6 Å². The Labute approximate surface area is 169 Å². The van der Waals surface area contributed by atoms with Crippen LogP contribution in [0.25, 0.3) is 6.08 Å². The van der Waals surface area contributed by atoms with Crippen LogP contribution in [0.4, 0.5) is 9.18 Å². The van der Waals surface area contributed by atoms with Crippen LogP contribution < -0.4 is 14.8 Å². The van der Waals surface area contributed by atoms with Gasteiger partial charge in [-0.2, -0.15) is 0 Å². The van der Waals surface area contributed by atoms with E-state index in [1.54, 1.807) is 19.3 Å². The Morgan fingerprint density at radius 3 is 2.48 bits per heavy atom. The second kappa shape index (κ2) is 7.95. The second-order valence-corrected chi connectivity index (χ2v) is 6.91. The zero-order chi connectivity index (χ0) is 19.6. The highest BCUT2D eigenvalue weighted by molar-refractivity contribution is 14.1. The van der Waals surface area contributed by atoms with Gasteiger partial charge in [0.1, 0.15) is 11.5 Å². The van der Waals surface area contributed by atoms with E-state index in [9.17, 15) is 14.0 Å². The molecule has 1 aliphatic heterocycles. The van der Waals surface area contributed by atoms with Gasteiger partial charge in [0.15, 0.2) is 11.5 Å². The molecular weight excluding hydrogens is 466 g/mol. The molecule has 1 saturated heterocycles. The van der Waals surface area contributed by atoms with Gasteiger partial charge in [-0.1, -0.05) is 12.1 Å². The molecule has 6 nitrogen and oxygen atoms in total. The molecule has 3 rings (SSSR count). The van der Waals surface area contributed by atoms with E-state index >= 15 is 0 Å². The zero-order valence-electron chi connectivity index (χ0n) is 14.6. The lowest BCUT2D eigenvalue weighted by atomic mass is 10.1. The van der Waals surface area contributed by atoms with Crippen LogP contribution in [0.5, 0.6) is 11.5 Å². The van der Waals surface area contributed by atoms with Crippen molar-refractivity contribution in [2.24, 2.45) is 0 Å². The number of rotatable bonds is 5. The van der Waals surface area contributed by atoms with Gasteiger partial charge in [0.2, 0.25) is 0 Å². The molecule has 0 saturated carbocycles. The predicted octanol–water partition coefficient (Wildman–Crippen LogP) is 3.54. The summed E-state index contributed by atoms with van der Waals surface area (Å²) in [6, 6.07) is 8.66. The molecule has 3 amide bonds. The summed E-state index contributed by atoms with van der Waals surface area (Å²) in [4.78, 5) is 25.9. The first kappa shape index (κ1) is 19.2. The molecule has 140 valence electrons. The standard InChI is InChI=1S/C19H16FIN2O4/c1-26-16-9-12(7-14(21)17(16)27-2)8-15-18(24)23(19(25)22-15)10-11-3-5-13(20)6-4-11/h3-9H,10H2,1-2H3,(H,22,25)/b15-8+. The minimum Gasteiger partial charge on any atom is -0.493 e. The molecule has 0 spiro atoms. The summed E-state index contributed by atoms with van der Waals surface area (Å²) in [6.45, 7) is 0.0613. The van der Waals surface area contributed by atoms with Crippen LogP contribution in [0.1, 0.15) is 11.1 Å². The van der Waals surface area contributed by atoms with Gasteiger partial charge in [-0.05, 0) is 64.1 Å². The maximum Gasteiger partial charge on any atom is 0.329 e. The predicted molar refractivity (Wildman–Crippen MR) is 106 cm³/mol. The lowest BCUT2D eigenvalue weighted by Crippen LogP contribution is -2.30. The molecule has 1 fully saturated rings. The third-order valence-corrected chi connectivity index (χ3v) is 4.78. The fourth-order valence-electron chi connectivity index (χ4n) is 2.68.